The van der Waals surface area contributed by atoms with Crippen LogP contribution in [0, 0.1) is 12.0 Å². The smallest absolute Gasteiger partial charge is 0.231 e. The molecule has 8 heavy (non-hydrogen) atoms. The largest absolute Gasteiger partial charge is 0.450 e. The number of rotatable bonds is 1. The molecule has 0 aromatic rings. The molecule has 0 spiro atoms. The summed E-state index contributed by atoms with van der Waals surface area (Å²) in [6, 6.07) is 0. The van der Waals surface area contributed by atoms with Crippen LogP contribution in [0.4, 0.5) is 0 Å². The Morgan fingerprint density at radius 3 is 2.88 bits per heavy atom. The van der Waals surface area contributed by atoms with Crippen molar-refractivity contribution in [2.75, 3.05) is 7.11 Å². The van der Waals surface area contributed by atoms with Crippen LogP contribution in [-0.4, -0.2) is 12.9 Å². The van der Waals surface area contributed by atoms with E-state index in [1.165, 1.54) is 7.11 Å². The fourth-order valence-corrected chi connectivity index (χ4v) is 0.152. The van der Waals surface area contributed by atoms with Crippen molar-refractivity contribution in [1.82, 2.24) is 0 Å². The Morgan fingerprint density at radius 2 is 2.50 bits per heavy atom. The van der Waals surface area contributed by atoms with Crippen LogP contribution in [0.15, 0.2) is 12.7 Å². The molecule has 0 saturated carbocycles. The minimum Gasteiger partial charge on any atom is -0.450 e. The predicted octanol–water partition coefficient (Wildman–Crippen LogP) is 0.349. The third-order valence-electron chi connectivity index (χ3n) is 0.462. The van der Waals surface area contributed by atoms with Crippen molar-refractivity contribution in [2.24, 2.45) is 0 Å². The third kappa shape index (κ3) is 2.98. The molecule has 0 fully saturated rings. The van der Waals surface area contributed by atoms with Gasteiger partial charge in [-0.2, -0.15) is 0 Å². The summed E-state index contributed by atoms with van der Waals surface area (Å²) in [5.41, 5.74) is 0. The summed E-state index contributed by atoms with van der Waals surface area (Å²) < 4.78 is 4.28. The zero-order valence-corrected chi connectivity index (χ0v) is 4.60. The van der Waals surface area contributed by atoms with E-state index in [4.69, 9.17) is 0 Å². The lowest BCUT2D eigenvalue weighted by molar-refractivity contribution is -0.109. The molecule has 0 aliphatic rings. The molecule has 0 saturated heterocycles. The number of ketones is 1. The Bertz CT molecular complexity index is 148. The maximum absolute atomic E-state index is 10.2. The maximum Gasteiger partial charge on any atom is 0.231 e. The van der Waals surface area contributed by atoms with E-state index in [9.17, 15) is 4.79 Å². The lowest BCUT2D eigenvalue weighted by Gasteiger charge is -1.74. The number of ether oxygens (including phenoxy) is 1. The molecule has 0 aromatic carbocycles. The minimum absolute atomic E-state index is 0.327. The van der Waals surface area contributed by atoms with Gasteiger partial charge in [-0.15, -0.1) is 0 Å². The van der Waals surface area contributed by atoms with Gasteiger partial charge in [0, 0.05) is 5.92 Å². The molecule has 0 atom stereocenters. The monoisotopic (exact) mass is 110 g/mol. The van der Waals surface area contributed by atoms with Gasteiger partial charge in [0.15, 0.2) is 0 Å². The molecule has 0 bridgehead atoms. The van der Waals surface area contributed by atoms with Crippen molar-refractivity contribution >= 4 is 5.78 Å². The average molecular weight is 110 g/mol. The van der Waals surface area contributed by atoms with Crippen LogP contribution in [0.3, 0.4) is 0 Å². The van der Waals surface area contributed by atoms with Gasteiger partial charge >= 0.3 is 0 Å². The second-order valence-electron chi connectivity index (χ2n) is 1.000. The van der Waals surface area contributed by atoms with Crippen molar-refractivity contribution in [2.45, 2.75) is 0 Å². The molecular weight excluding hydrogens is 104 g/mol. The van der Waals surface area contributed by atoms with E-state index < -0.39 is 0 Å². The van der Waals surface area contributed by atoms with Gasteiger partial charge in [0.2, 0.25) is 5.78 Å². The summed E-state index contributed by atoms with van der Waals surface area (Å²) in [7, 11) is 1.39. The quantitative estimate of drug-likeness (QED) is 0.359. The molecule has 0 aliphatic carbocycles. The normalized spacial score (nSPS) is 6.12. The summed E-state index contributed by atoms with van der Waals surface area (Å²) >= 11 is 0. The molecule has 0 rings (SSSR count). The van der Waals surface area contributed by atoms with Crippen LogP contribution in [-0.2, 0) is 9.53 Å². The van der Waals surface area contributed by atoms with Crippen LogP contribution in [0.1, 0.15) is 0 Å². The molecule has 0 aromatic heterocycles. The Labute approximate surface area is 48.1 Å². The van der Waals surface area contributed by atoms with Gasteiger partial charge in [0.05, 0.1) is 7.11 Å². The van der Waals surface area contributed by atoms with Gasteiger partial charge in [-0.05, 0) is 6.08 Å². The van der Waals surface area contributed by atoms with Gasteiger partial charge in [-0.25, -0.2) is 0 Å². The molecule has 0 radical (unpaired) electrons. The SMILES string of the molecule is C=CC(=O)C#COC. The Balaban J connectivity index is 3.69. The highest BCUT2D eigenvalue weighted by atomic mass is 16.5. The Kier molecular flexibility index (Phi) is 3.34. The van der Waals surface area contributed by atoms with Crippen LogP contribution >= 0.6 is 0 Å². The topological polar surface area (TPSA) is 26.3 Å². The summed E-state index contributed by atoms with van der Waals surface area (Å²) in [6.45, 7) is 3.21. The summed E-state index contributed by atoms with van der Waals surface area (Å²) in [4.78, 5) is 10.2. The van der Waals surface area contributed by atoms with Crippen molar-refractivity contribution in [3.63, 3.8) is 0 Å². The minimum atomic E-state index is -0.327. The fourth-order valence-electron chi connectivity index (χ4n) is 0.152. The highest BCUT2D eigenvalue weighted by Crippen LogP contribution is 1.66. The van der Waals surface area contributed by atoms with E-state index in [2.05, 4.69) is 23.3 Å². The lowest BCUT2D eigenvalue weighted by atomic mass is 10.4. The van der Waals surface area contributed by atoms with Crippen LogP contribution in [0.5, 0.6) is 0 Å². The molecule has 2 heteroatoms. The highest BCUT2D eigenvalue weighted by molar-refractivity contribution is 6.03. The summed E-state index contributed by atoms with van der Waals surface area (Å²) in [5, 5.41) is 0. The maximum atomic E-state index is 10.2. The fraction of sp³-hybridized carbons (Fsp3) is 0.167. The number of allylic oxidation sites excluding steroid dienone is 1. The van der Waals surface area contributed by atoms with E-state index in [1.54, 1.807) is 0 Å². The summed E-state index contributed by atoms with van der Waals surface area (Å²) in [6.07, 6.45) is 3.26. The number of carbonyl (C=O) groups is 1. The molecular formula is C6H6O2. The average Bonchev–Trinajstić information content (AvgIpc) is 1.83. The van der Waals surface area contributed by atoms with Gasteiger partial charge in [-0.3, -0.25) is 4.79 Å². The molecule has 0 heterocycles. The van der Waals surface area contributed by atoms with Crippen LogP contribution in [0.25, 0.3) is 0 Å². The van der Waals surface area contributed by atoms with Crippen molar-refractivity contribution in [3.8, 4) is 12.0 Å². The number of carbonyl (C=O) groups excluding carboxylic acids is 1. The number of hydrogen-bond acceptors (Lipinski definition) is 2. The van der Waals surface area contributed by atoms with Crippen molar-refractivity contribution < 1.29 is 9.53 Å². The van der Waals surface area contributed by atoms with Gasteiger partial charge in [0.25, 0.3) is 0 Å². The van der Waals surface area contributed by atoms with Crippen molar-refractivity contribution in [3.05, 3.63) is 12.7 Å². The first-order valence-electron chi connectivity index (χ1n) is 2.01. The Morgan fingerprint density at radius 1 is 1.88 bits per heavy atom. The zero-order chi connectivity index (χ0) is 6.41. The molecule has 0 amide bonds. The highest BCUT2D eigenvalue weighted by Gasteiger charge is 1.80. The van der Waals surface area contributed by atoms with Gasteiger partial charge < -0.3 is 4.74 Å². The first kappa shape index (κ1) is 6.77. The molecule has 2 nitrogen and oxygen atoms in total. The standard InChI is InChI=1S/C6H6O2/c1-3-6(7)4-5-8-2/h3H,1H2,2H3. The first-order valence-corrected chi connectivity index (χ1v) is 2.01. The van der Waals surface area contributed by atoms with E-state index in [0.717, 1.165) is 6.08 Å². The molecule has 0 unspecified atom stereocenters. The molecule has 42 valence electrons. The summed E-state index contributed by atoms with van der Waals surface area (Å²) in [5.74, 6) is 1.83. The van der Waals surface area contributed by atoms with E-state index in [0.29, 0.717) is 0 Å². The second-order valence-corrected chi connectivity index (χ2v) is 1.000. The first-order chi connectivity index (χ1) is 3.81. The lowest BCUT2D eigenvalue weighted by Crippen LogP contribution is -1.83. The number of methoxy groups -OCH3 is 1. The third-order valence-corrected chi connectivity index (χ3v) is 0.462. The van der Waals surface area contributed by atoms with E-state index in [-0.39, 0.29) is 5.78 Å². The Hall–Kier alpha value is -1.23. The van der Waals surface area contributed by atoms with Gasteiger partial charge in [0.1, 0.15) is 6.11 Å². The van der Waals surface area contributed by atoms with Crippen molar-refractivity contribution in [1.29, 1.82) is 0 Å². The van der Waals surface area contributed by atoms with Crippen LogP contribution in [0.2, 0.25) is 0 Å². The number of hydrogen-bond donors (Lipinski definition) is 0. The molecule has 0 aliphatic heterocycles. The molecule has 0 N–H and O–H groups in total. The van der Waals surface area contributed by atoms with E-state index in [1.807, 2.05) is 0 Å². The predicted molar refractivity (Wildman–Crippen MR) is 30.0 cm³/mol. The van der Waals surface area contributed by atoms with Crippen LogP contribution < -0.4 is 0 Å². The zero-order valence-electron chi connectivity index (χ0n) is 4.60. The van der Waals surface area contributed by atoms with Gasteiger partial charge in [-0.1, -0.05) is 6.58 Å². The van der Waals surface area contributed by atoms with E-state index >= 15 is 0 Å². The second kappa shape index (κ2) is 3.94.